The Bertz CT molecular complexity index is 995. The molecule has 1 saturated heterocycles. The molecule has 0 unspecified atom stereocenters. The van der Waals surface area contributed by atoms with Gasteiger partial charge in [0.05, 0.1) is 5.52 Å². The molecule has 25 heavy (non-hydrogen) atoms. The number of aryl methyl sites for hydroxylation is 1. The molecule has 2 fully saturated rings. The quantitative estimate of drug-likeness (QED) is 0.807. The van der Waals surface area contributed by atoms with Crippen LogP contribution in [0.15, 0.2) is 29.1 Å². The first-order chi connectivity index (χ1) is 12.0. The summed E-state index contributed by atoms with van der Waals surface area (Å²) in [5.41, 5.74) is 0.952. The minimum absolute atomic E-state index is 0.0862. The molecule has 1 aliphatic heterocycles. The minimum Gasteiger partial charge on any atom is -0.336 e. The number of aromatic amines is 1. The van der Waals surface area contributed by atoms with E-state index in [1.165, 1.54) is 6.42 Å². The molecule has 1 amide bonds. The number of pyridine rings is 1. The second kappa shape index (κ2) is 4.77. The van der Waals surface area contributed by atoms with E-state index in [1.807, 2.05) is 4.90 Å². The fourth-order valence-electron chi connectivity index (χ4n) is 5.15. The van der Waals surface area contributed by atoms with Gasteiger partial charge in [0.1, 0.15) is 11.5 Å². The van der Waals surface area contributed by atoms with Crippen LogP contribution in [0.5, 0.6) is 0 Å². The van der Waals surface area contributed by atoms with Gasteiger partial charge in [-0.2, -0.15) is 0 Å². The first-order valence-electron chi connectivity index (χ1n) is 8.81. The predicted molar refractivity (Wildman–Crippen MR) is 93.1 cm³/mol. The largest absolute Gasteiger partial charge is 0.336 e. The van der Waals surface area contributed by atoms with Crippen LogP contribution >= 0.6 is 0 Å². The average Bonchev–Trinajstić information content (AvgIpc) is 3.24. The SMILES string of the molecule is Cc1nc2ccc(C(=O)N3C[C@@H]4[C@@H]5C=C[C@@H](C5)[C@]4(C)C3)nc2c(=O)[nH]1. The minimum atomic E-state index is -0.301. The molecule has 128 valence electrons. The standard InChI is InChI=1S/C19H20N4O2/c1-10-20-14-5-6-15(22-16(14)17(24)21-10)18(25)23-8-13-11-3-4-12(7-11)19(13,2)9-23/h3-6,11-13H,7-9H2,1-2H3,(H,20,21,24)/t11-,12+,13-,19+/m1/s1. The van der Waals surface area contributed by atoms with Crippen molar-refractivity contribution in [3.63, 3.8) is 0 Å². The highest BCUT2D eigenvalue weighted by Gasteiger charge is 2.58. The average molecular weight is 336 g/mol. The van der Waals surface area contributed by atoms with Crippen LogP contribution in [0.1, 0.15) is 29.7 Å². The summed E-state index contributed by atoms with van der Waals surface area (Å²) in [5.74, 6) is 2.19. The fourth-order valence-corrected chi connectivity index (χ4v) is 5.15. The Morgan fingerprint density at radius 3 is 2.96 bits per heavy atom. The Morgan fingerprint density at radius 2 is 2.16 bits per heavy atom. The van der Waals surface area contributed by atoms with Crippen LogP contribution in [0.2, 0.25) is 0 Å². The van der Waals surface area contributed by atoms with Gasteiger partial charge in [0.15, 0.2) is 5.52 Å². The molecule has 2 aliphatic carbocycles. The van der Waals surface area contributed by atoms with Gasteiger partial charge in [0.2, 0.25) is 0 Å². The van der Waals surface area contributed by atoms with Gasteiger partial charge in [-0.25, -0.2) is 9.97 Å². The summed E-state index contributed by atoms with van der Waals surface area (Å²) in [6.07, 6.45) is 5.89. The number of fused-ring (bicyclic) bond motifs is 6. The van der Waals surface area contributed by atoms with Gasteiger partial charge in [-0.1, -0.05) is 19.1 Å². The van der Waals surface area contributed by atoms with Crippen LogP contribution in [0.25, 0.3) is 11.0 Å². The summed E-state index contributed by atoms with van der Waals surface area (Å²) in [7, 11) is 0. The lowest BCUT2D eigenvalue weighted by atomic mass is 9.72. The van der Waals surface area contributed by atoms with Crippen LogP contribution in [0, 0.1) is 30.1 Å². The molecular weight excluding hydrogens is 316 g/mol. The summed E-state index contributed by atoms with van der Waals surface area (Å²) in [5, 5.41) is 0. The third kappa shape index (κ3) is 1.97. The lowest BCUT2D eigenvalue weighted by Gasteiger charge is -2.31. The Balaban J connectivity index is 1.48. The van der Waals surface area contributed by atoms with E-state index in [4.69, 9.17) is 0 Å². The van der Waals surface area contributed by atoms with Gasteiger partial charge in [0, 0.05) is 13.1 Å². The smallest absolute Gasteiger partial charge is 0.277 e. The number of nitrogens with zero attached hydrogens (tertiary/aromatic N) is 3. The van der Waals surface area contributed by atoms with Crippen LogP contribution in [-0.2, 0) is 0 Å². The maximum absolute atomic E-state index is 13.0. The van der Waals surface area contributed by atoms with Gasteiger partial charge in [-0.15, -0.1) is 0 Å². The number of likely N-dealkylation sites (tertiary alicyclic amines) is 1. The zero-order valence-corrected chi connectivity index (χ0v) is 14.3. The molecule has 2 bridgehead atoms. The zero-order chi connectivity index (χ0) is 17.3. The Morgan fingerprint density at radius 1 is 1.32 bits per heavy atom. The highest BCUT2D eigenvalue weighted by atomic mass is 16.2. The van der Waals surface area contributed by atoms with Crippen molar-refractivity contribution in [3.8, 4) is 0 Å². The van der Waals surface area contributed by atoms with Crippen molar-refractivity contribution in [2.45, 2.75) is 20.3 Å². The summed E-state index contributed by atoms with van der Waals surface area (Å²) < 4.78 is 0. The molecule has 6 nitrogen and oxygen atoms in total. The van der Waals surface area contributed by atoms with Crippen LogP contribution < -0.4 is 5.56 Å². The van der Waals surface area contributed by atoms with Crippen molar-refractivity contribution in [2.75, 3.05) is 13.1 Å². The first kappa shape index (κ1) is 14.8. The van der Waals surface area contributed by atoms with E-state index < -0.39 is 0 Å². The second-order valence-electron chi connectivity index (χ2n) is 7.90. The summed E-state index contributed by atoms with van der Waals surface area (Å²) in [6, 6.07) is 3.39. The highest BCUT2D eigenvalue weighted by molar-refractivity contribution is 5.94. The van der Waals surface area contributed by atoms with Gasteiger partial charge >= 0.3 is 0 Å². The predicted octanol–water partition coefficient (Wildman–Crippen LogP) is 1.91. The fraction of sp³-hybridized carbons (Fsp3) is 0.474. The highest BCUT2D eigenvalue weighted by Crippen LogP contribution is 2.59. The maximum atomic E-state index is 13.0. The van der Waals surface area contributed by atoms with Crippen molar-refractivity contribution < 1.29 is 4.79 Å². The summed E-state index contributed by atoms with van der Waals surface area (Å²) >= 11 is 0. The van der Waals surface area contributed by atoms with E-state index in [0.29, 0.717) is 34.8 Å². The molecule has 2 aromatic heterocycles. The number of hydrogen-bond acceptors (Lipinski definition) is 4. The zero-order valence-electron chi connectivity index (χ0n) is 14.3. The molecule has 0 spiro atoms. The molecule has 3 aliphatic rings. The van der Waals surface area contributed by atoms with E-state index in [2.05, 4.69) is 34.0 Å². The van der Waals surface area contributed by atoms with Crippen molar-refractivity contribution in [1.82, 2.24) is 19.9 Å². The number of carbonyl (C=O) groups is 1. The molecule has 1 N–H and O–H groups in total. The number of nitrogens with one attached hydrogen (secondary N) is 1. The molecule has 4 atom stereocenters. The maximum Gasteiger partial charge on any atom is 0.277 e. The molecule has 3 heterocycles. The molecular formula is C19H20N4O2. The molecule has 2 aromatic rings. The third-order valence-electron chi connectivity index (χ3n) is 6.45. The summed E-state index contributed by atoms with van der Waals surface area (Å²) in [6.45, 7) is 5.59. The molecule has 1 saturated carbocycles. The number of H-pyrrole nitrogens is 1. The van der Waals surface area contributed by atoms with Gasteiger partial charge < -0.3 is 9.88 Å². The lowest BCUT2D eigenvalue weighted by Crippen LogP contribution is -2.34. The number of allylic oxidation sites excluding steroid dienone is 2. The van der Waals surface area contributed by atoms with Crippen LogP contribution in [0.3, 0.4) is 0 Å². The topological polar surface area (TPSA) is 79.0 Å². The molecule has 5 rings (SSSR count). The van der Waals surface area contributed by atoms with Gasteiger partial charge in [-0.3, -0.25) is 9.59 Å². The van der Waals surface area contributed by atoms with E-state index in [1.54, 1.807) is 19.1 Å². The van der Waals surface area contributed by atoms with E-state index >= 15 is 0 Å². The lowest BCUT2D eigenvalue weighted by molar-refractivity contribution is 0.0759. The van der Waals surface area contributed by atoms with Gasteiger partial charge in [0.25, 0.3) is 11.5 Å². The Labute approximate surface area is 145 Å². The Kier molecular flexibility index (Phi) is 2.83. The second-order valence-corrected chi connectivity index (χ2v) is 7.90. The van der Waals surface area contributed by atoms with Crippen LogP contribution in [0.4, 0.5) is 0 Å². The number of carbonyl (C=O) groups excluding carboxylic acids is 1. The van der Waals surface area contributed by atoms with Crippen molar-refractivity contribution in [3.05, 3.63) is 46.2 Å². The van der Waals surface area contributed by atoms with Gasteiger partial charge in [-0.05, 0) is 48.6 Å². The monoisotopic (exact) mass is 336 g/mol. The van der Waals surface area contributed by atoms with Crippen molar-refractivity contribution in [1.29, 1.82) is 0 Å². The molecule has 0 aromatic carbocycles. The number of rotatable bonds is 1. The van der Waals surface area contributed by atoms with Crippen LogP contribution in [-0.4, -0.2) is 38.8 Å². The van der Waals surface area contributed by atoms with E-state index in [0.717, 1.165) is 13.1 Å². The Hall–Kier alpha value is -2.50. The summed E-state index contributed by atoms with van der Waals surface area (Å²) in [4.78, 5) is 38.2. The molecule has 6 heteroatoms. The number of aromatic nitrogens is 3. The van der Waals surface area contributed by atoms with Crippen molar-refractivity contribution in [2.24, 2.45) is 23.2 Å². The normalized spacial score (nSPS) is 32.6. The number of amides is 1. The first-order valence-corrected chi connectivity index (χ1v) is 8.81. The van der Waals surface area contributed by atoms with E-state index in [9.17, 15) is 9.59 Å². The molecule has 0 radical (unpaired) electrons. The van der Waals surface area contributed by atoms with E-state index in [-0.39, 0.29) is 22.4 Å². The number of hydrogen-bond donors (Lipinski definition) is 1. The third-order valence-corrected chi connectivity index (χ3v) is 6.45. The van der Waals surface area contributed by atoms with Crippen molar-refractivity contribution >= 4 is 16.9 Å².